The quantitative estimate of drug-likeness (QED) is 0.613. The van der Waals surface area contributed by atoms with E-state index in [1.165, 1.54) is 6.33 Å². The Labute approximate surface area is 118 Å². The van der Waals surface area contributed by atoms with Crippen molar-refractivity contribution in [3.8, 4) is 0 Å². The molecule has 0 bridgehead atoms. The standard InChI is InChI=1S/C6H8N3O2.3CO.Re/c7-5(6(10)11)1-4-2-8-3-9-4;3*1-2;/h2-3,5,7H,1H2,(H,8,9)(H,10,11);;;;/q4*-1;. The molecule has 0 aliphatic rings. The number of nitrogens with zero attached hydrogens (tertiary/aromatic N) is 1. The zero-order valence-corrected chi connectivity index (χ0v) is 11.6. The number of carbonyl (C=O) groups excluding carboxylic acids is 3. The summed E-state index contributed by atoms with van der Waals surface area (Å²) < 4.78 is 0. The number of hydrogen-bond acceptors (Lipinski definition) is 5. The molecule has 0 aromatic carbocycles. The second-order valence-corrected chi connectivity index (χ2v) is 2.16. The van der Waals surface area contributed by atoms with E-state index in [1.807, 2.05) is 0 Å². The molecule has 1 atom stereocenters. The van der Waals surface area contributed by atoms with Crippen LogP contribution in [0.5, 0.6) is 0 Å². The third-order valence-electron chi connectivity index (χ3n) is 1.27. The third kappa shape index (κ3) is 14.3. The molecule has 0 spiro atoms. The molecule has 1 aromatic rings. The van der Waals surface area contributed by atoms with Crippen LogP contribution < -0.4 is 0 Å². The van der Waals surface area contributed by atoms with Crippen LogP contribution in [0.25, 0.3) is 5.73 Å². The van der Waals surface area contributed by atoms with Crippen LogP contribution in [-0.4, -0.2) is 47.5 Å². The Morgan fingerprint density at radius 2 is 1.78 bits per heavy atom. The molecule has 1 rings (SSSR count). The number of aromatic amines is 1. The first-order valence-corrected chi connectivity index (χ1v) is 3.73. The summed E-state index contributed by atoms with van der Waals surface area (Å²) in [7, 11) is 0. The van der Waals surface area contributed by atoms with E-state index in [-0.39, 0.29) is 26.8 Å². The first kappa shape index (κ1) is 25.2. The molecular formula is C9H8N3O5Re-4. The minimum Gasteiger partial charge on any atom is -0.665 e. The van der Waals surface area contributed by atoms with Crippen LogP contribution in [0, 0.1) is 0 Å². The summed E-state index contributed by atoms with van der Waals surface area (Å²) in [6, 6.07) is -1.11. The molecule has 1 unspecified atom stereocenters. The van der Waals surface area contributed by atoms with Gasteiger partial charge in [0.25, 0.3) is 5.97 Å². The molecule has 0 fully saturated rings. The summed E-state index contributed by atoms with van der Waals surface area (Å²) in [4.78, 5) is 39.2. The Hall–Kier alpha value is -1.69. The monoisotopic (exact) mass is 425 g/mol. The number of H-pyrrole nitrogens is 1. The van der Waals surface area contributed by atoms with E-state index in [1.54, 1.807) is 6.20 Å². The van der Waals surface area contributed by atoms with Crippen LogP contribution in [0.1, 0.15) is 5.69 Å². The third-order valence-corrected chi connectivity index (χ3v) is 1.27. The van der Waals surface area contributed by atoms with E-state index in [2.05, 4.69) is 30.3 Å². The molecule has 0 aliphatic heterocycles. The van der Waals surface area contributed by atoms with Crippen LogP contribution >= 0.6 is 0 Å². The molecule has 4 radical (unpaired) electrons. The molecule has 9 heteroatoms. The molecule has 1 aromatic heterocycles. The Bertz CT molecular complexity index is 279. The molecule has 0 amide bonds. The summed E-state index contributed by atoms with van der Waals surface area (Å²) in [5.41, 5.74) is 7.65. The molecule has 0 aliphatic carbocycles. The number of carboxylic acids is 1. The van der Waals surface area contributed by atoms with Gasteiger partial charge < -0.3 is 50.6 Å². The van der Waals surface area contributed by atoms with Gasteiger partial charge in [-0.3, -0.25) is 4.79 Å². The zero-order chi connectivity index (χ0) is 14.3. The zero-order valence-electron chi connectivity index (χ0n) is 8.84. The van der Waals surface area contributed by atoms with Crippen molar-refractivity contribution in [3.63, 3.8) is 0 Å². The fraction of sp³-hybridized carbons (Fsp3) is 0.222. The van der Waals surface area contributed by atoms with Gasteiger partial charge in [-0.05, 0) is 12.5 Å². The SMILES string of the molecule is [C-]=O.[C-]=O.[C-]=O.[NH-]C(Cc1c[nH]cn1)C(=O)O.[Re]. The van der Waals surface area contributed by atoms with Crippen molar-refractivity contribution in [2.75, 3.05) is 0 Å². The molecule has 18 heavy (non-hydrogen) atoms. The second kappa shape index (κ2) is 20.7. The van der Waals surface area contributed by atoms with Gasteiger partial charge in [0, 0.05) is 26.6 Å². The van der Waals surface area contributed by atoms with Gasteiger partial charge in [0.1, 0.15) is 0 Å². The van der Waals surface area contributed by atoms with Gasteiger partial charge in [-0.1, -0.05) is 0 Å². The molecular weight excluding hydrogens is 416 g/mol. The van der Waals surface area contributed by atoms with Gasteiger partial charge in [-0.2, -0.15) is 0 Å². The number of imidazole rings is 1. The number of carboxylic acid groups (broad SMARTS) is 1. The van der Waals surface area contributed by atoms with Crippen LogP contribution in [0.15, 0.2) is 12.5 Å². The number of nitrogens with one attached hydrogen (secondary N) is 2. The van der Waals surface area contributed by atoms with Gasteiger partial charge in [0.15, 0.2) is 0 Å². The first-order valence-electron chi connectivity index (χ1n) is 3.73. The van der Waals surface area contributed by atoms with E-state index in [9.17, 15) is 4.79 Å². The van der Waals surface area contributed by atoms with Gasteiger partial charge >= 0.3 is 0 Å². The Kier molecular flexibility index (Phi) is 29.0. The van der Waals surface area contributed by atoms with E-state index < -0.39 is 12.0 Å². The van der Waals surface area contributed by atoms with Crippen molar-refractivity contribution in [2.24, 2.45) is 0 Å². The van der Waals surface area contributed by atoms with Crippen molar-refractivity contribution in [3.05, 3.63) is 24.0 Å². The normalized spacial score (nSPS) is 8.50. The van der Waals surface area contributed by atoms with Crippen molar-refractivity contribution >= 4 is 26.3 Å². The largest absolute Gasteiger partial charge is 0.665 e. The Morgan fingerprint density at radius 3 is 2.06 bits per heavy atom. The molecule has 100 valence electrons. The summed E-state index contributed by atoms with van der Waals surface area (Å²) in [5.74, 6) is -1.12. The van der Waals surface area contributed by atoms with Crippen LogP contribution in [0.4, 0.5) is 0 Å². The molecule has 8 nitrogen and oxygen atoms in total. The second-order valence-electron chi connectivity index (χ2n) is 2.16. The van der Waals surface area contributed by atoms with Crippen molar-refractivity contribution in [2.45, 2.75) is 12.5 Å². The van der Waals surface area contributed by atoms with Gasteiger partial charge in [0.2, 0.25) is 0 Å². The number of rotatable bonds is 3. The predicted molar refractivity (Wildman–Crippen MR) is 55.1 cm³/mol. The predicted octanol–water partition coefficient (Wildman–Crippen LogP) is -0.736. The number of aliphatic carboxylic acids is 1. The van der Waals surface area contributed by atoms with Gasteiger partial charge in [0.05, 0.1) is 12.0 Å². The maximum absolute atomic E-state index is 10.2. The minimum atomic E-state index is -1.12. The molecule has 3 N–H and O–H groups in total. The maximum atomic E-state index is 10.2. The van der Waals surface area contributed by atoms with Gasteiger partial charge in [-0.15, -0.1) is 0 Å². The number of hydrogen-bond donors (Lipinski definition) is 2. The van der Waals surface area contributed by atoms with Crippen molar-refractivity contribution < 1.29 is 44.7 Å². The molecule has 1 heterocycles. The van der Waals surface area contributed by atoms with E-state index in [4.69, 9.17) is 25.2 Å². The average Bonchev–Trinajstić information content (AvgIpc) is 2.89. The Balaban J connectivity index is -0.000000123. The Morgan fingerprint density at radius 1 is 1.33 bits per heavy atom. The van der Waals surface area contributed by atoms with Gasteiger partial charge in [-0.25, -0.2) is 4.98 Å². The van der Waals surface area contributed by atoms with E-state index in [0.29, 0.717) is 5.69 Å². The van der Waals surface area contributed by atoms with E-state index in [0.717, 1.165) is 0 Å². The van der Waals surface area contributed by atoms with Crippen LogP contribution in [0.2, 0.25) is 0 Å². The number of aromatic nitrogens is 2. The molecule has 0 saturated carbocycles. The van der Waals surface area contributed by atoms with E-state index >= 15 is 0 Å². The molecule has 0 saturated heterocycles. The van der Waals surface area contributed by atoms with Crippen molar-refractivity contribution in [1.82, 2.24) is 9.97 Å². The maximum Gasteiger partial charge on any atom is 0.285 e. The number of carbonyl (C=O) groups is 1. The smallest absolute Gasteiger partial charge is 0.285 e. The minimum absolute atomic E-state index is 0. The summed E-state index contributed by atoms with van der Waals surface area (Å²) >= 11 is 0. The summed E-state index contributed by atoms with van der Waals surface area (Å²) in [6.45, 7) is 13.5. The summed E-state index contributed by atoms with van der Waals surface area (Å²) in [6.07, 6.45) is 3.20. The topological polar surface area (TPSA) is 141 Å². The first-order chi connectivity index (χ1) is 8.20. The fourth-order valence-electron chi connectivity index (χ4n) is 0.699. The fourth-order valence-corrected chi connectivity index (χ4v) is 0.699. The summed E-state index contributed by atoms with van der Waals surface area (Å²) in [5, 5.41) is 8.36. The van der Waals surface area contributed by atoms with Crippen LogP contribution in [-0.2, 0) is 46.0 Å². The average molecular weight is 424 g/mol. The van der Waals surface area contributed by atoms with Crippen LogP contribution in [0.3, 0.4) is 0 Å². The van der Waals surface area contributed by atoms with Crippen molar-refractivity contribution in [1.29, 1.82) is 0 Å².